The fourth-order valence-corrected chi connectivity index (χ4v) is 1.95. The van der Waals surface area contributed by atoms with Gasteiger partial charge in [0.05, 0.1) is 26.4 Å². The van der Waals surface area contributed by atoms with Crippen molar-refractivity contribution < 1.29 is 9.47 Å². The third-order valence-electron chi connectivity index (χ3n) is 2.94. The second-order valence-corrected chi connectivity index (χ2v) is 4.79. The molecule has 0 saturated carbocycles. The Balaban J connectivity index is 2.47. The van der Waals surface area contributed by atoms with Crippen molar-refractivity contribution in [1.82, 2.24) is 10.6 Å². The summed E-state index contributed by atoms with van der Waals surface area (Å²) in [6.45, 7) is 11.1. The zero-order valence-electron chi connectivity index (χ0n) is 14.0. The quantitative estimate of drug-likeness (QED) is 0.396. The number of hydrogen-bond donors (Lipinski definition) is 2. The maximum atomic E-state index is 5.59. The van der Waals surface area contributed by atoms with Crippen molar-refractivity contribution in [3.63, 3.8) is 0 Å². The highest BCUT2D eigenvalue weighted by molar-refractivity contribution is 5.79. The SMILES string of the molecule is CCNC(=NCc1cccc(COCCOCC)c1)NCC. The molecule has 2 N–H and O–H groups in total. The molecule has 22 heavy (non-hydrogen) atoms. The van der Waals surface area contributed by atoms with Crippen LogP contribution in [-0.4, -0.2) is 38.9 Å². The van der Waals surface area contributed by atoms with E-state index in [0.717, 1.165) is 31.2 Å². The molecule has 1 aromatic rings. The minimum absolute atomic E-state index is 0.609. The average Bonchev–Trinajstić information content (AvgIpc) is 2.53. The van der Waals surface area contributed by atoms with Gasteiger partial charge in [0.2, 0.25) is 0 Å². The first-order valence-corrected chi connectivity index (χ1v) is 8.05. The van der Waals surface area contributed by atoms with Crippen molar-refractivity contribution in [3.05, 3.63) is 35.4 Å². The number of nitrogens with zero attached hydrogens (tertiary/aromatic N) is 1. The van der Waals surface area contributed by atoms with Gasteiger partial charge in [-0.25, -0.2) is 4.99 Å². The Hall–Kier alpha value is -1.59. The minimum atomic E-state index is 0.609. The van der Waals surface area contributed by atoms with Gasteiger partial charge in [0, 0.05) is 19.7 Å². The van der Waals surface area contributed by atoms with E-state index in [4.69, 9.17) is 9.47 Å². The van der Waals surface area contributed by atoms with Crippen molar-refractivity contribution in [2.45, 2.75) is 33.9 Å². The second-order valence-electron chi connectivity index (χ2n) is 4.79. The maximum Gasteiger partial charge on any atom is 0.191 e. The average molecular weight is 307 g/mol. The van der Waals surface area contributed by atoms with Crippen LogP contribution in [-0.2, 0) is 22.6 Å². The van der Waals surface area contributed by atoms with Crippen LogP contribution in [0.15, 0.2) is 29.3 Å². The summed E-state index contributed by atoms with van der Waals surface area (Å²) in [7, 11) is 0. The van der Waals surface area contributed by atoms with E-state index >= 15 is 0 Å². The highest BCUT2D eigenvalue weighted by Crippen LogP contribution is 2.08. The summed E-state index contributed by atoms with van der Waals surface area (Å²) in [5.74, 6) is 0.850. The largest absolute Gasteiger partial charge is 0.379 e. The molecule has 1 rings (SSSR count). The van der Waals surface area contributed by atoms with Crippen LogP contribution in [0.25, 0.3) is 0 Å². The van der Waals surface area contributed by atoms with Crippen LogP contribution in [0.4, 0.5) is 0 Å². The van der Waals surface area contributed by atoms with Crippen molar-refractivity contribution in [1.29, 1.82) is 0 Å². The zero-order valence-corrected chi connectivity index (χ0v) is 14.0. The molecular formula is C17H29N3O2. The molecule has 0 bridgehead atoms. The van der Waals surface area contributed by atoms with E-state index in [0.29, 0.717) is 26.4 Å². The fourth-order valence-electron chi connectivity index (χ4n) is 1.95. The third-order valence-corrected chi connectivity index (χ3v) is 2.94. The maximum absolute atomic E-state index is 5.59. The lowest BCUT2D eigenvalue weighted by Crippen LogP contribution is -2.36. The van der Waals surface area contributed by atoms with Crippen molar-refractivity contribution in [2.75, 3.05) is 32.9 Å². The number of guanidine groups is 1. The number of rotatable bonds is 10. The summed E-state index contributed by atoms with van der Waals surface area (Å²) >= 11 is 0. The van der Waals surface area contributed by atoms with Crippen molar-refractivity contribution in [2.24, 2.45) is 4.99 Å². The first-order chi connectivity index (χ1) is 10.8. The first kappa shape index (κ1) is 18.5. The Morgan fingerprint density at radius 3 is 2.36 bits per heavy atom. The van der Waals surface area contributed by atoms with Gasteiger partial charge in [-0.1, -0.05) is 24.3 Å². The van der Waals surface area contributed by atoms with E-state index < -0.39 is 0 Å². The third kappa shape index (κ3) is 8.00. The molecule has 0 heterocycles. The Bertz CT molecular complexity index is 428. The van der Waals surface area contributed by atoms with E-state index in [2.05, 4.69) is 47.7 Å². The number of benzene rings is 1. The standard InChI is InChI=1S/C17H29N3O2/c1-4-18-17(19-5-2)20-13-15-8-7-9-16(12-15)14-22-11-10-21-6-3/h7-9,12H,4-6,10-11,13-14H2,1-3H3,(H2,18,19,20). The molecule has 0 atom stereocenters. The normalized spacial score (nSPS) is 10.3. The molecule has 1 aromatic carbocycles. The molecule has 5 nitrogen and oxygen atoms in total. The zero-order chi connectivity index (χ0) is 16.0. The molecule has 0 aliphatic rings. The van der Waals surface area contributed by atoms with E-state index in [1.165, 1.54) is 5.56 Å². The van der Waals surface area contributed by atoms with Gasteiger partial charge in [0.15, 0.2) is 5.96 Å². The fraction of sp³-hybridized carbons (Fsp3) is 0.588. The molecule has 0 radical (unpaired) electrons. The second kappa shape index (κ2) is 12.0. The lowest BCUT2D eigenvalue weighted by Gasteiger charge is -2.09. The number of nitrogens with one attached hydrogen (secondary N) is 2. The van der Waals surface area contributed by atoms with Gasteiger partial charge < -0.3 is 20.1 Å². The molecule has 0 aliphatic heterocycles. The van der Waals surface area contributed by atoms with Crippen LogP contribution in [0, 0.1) is 0 Å². The van der Waals surface area contributed by atoms with Crippen LogP contribution in [0.1, 0.15) is 31.9 Å². The number of hydrogen-bond acceptors (Lipinski definition) is 3. The van der Waals surface area contributed by atoms with Gasteiger partial charge in [0.25, 0.3) is 0 Å². The van der Waals surface area contributed by atoms with Crippen LogP contribution in [0.3, 0.4) is 0 Å². The first-order valence-electron chi connectivity index (χ1n) is 8.05. The summed E-state index contributed by atoms with van der Waals surface area (Å²) in [6.07, 6.45) is 0. The van der Waals surface area contributed by atoms with E-state index in [1.807, 2.05) is 13.0 Å². The highest BCUT2D eigenvalue weighted by atomic mass is 16.5. The van der Waals surface area contributed by atoms with Crippen LogP contribution in [0.5, 0.6) is 0 Å². The summed E-state index contributed by atoms with van der Waals surface area (Å²) in [6, 6.07) is 8.35. The van der Waals surface area contributed by atoms with Gasteiger partial charge in [-0.05, 0) is 31.9 Å². The molecule has 0 saturated heterocycles. The van der Waals surface area contributed by atoms with Gasteiger partial charge in [-0.3, -0.25) is 0 Å². The van der Waals surface area contributed by atoms with Gasteiger partial charge in [-0.15, -0.1) is 0 Å². The van der Waals surface area contributed by atoms with Gasteiger partial charge in [-0.2, -0.15) is 0 Å². The summed E-state index contributed by atoms with van der Waals surface area (Å²) in [4.78, 5) is 4.57. The van der Waals surface area contributed by atoms with Gasteiger partial charge in [0.1, 0.15) is 0 Å². The van der Waals surface area contributed by atoms with E-state index in [1.54, 1.807) is 0 Å². The topological polar surface area (TPSA) is 54.9 Å². The van der Waals surface area contributed by atoms with Crippen LogP contribution >= 0.6 is 0 Å². The Morgan fingerprint density at radius 1 is 1.00 bits per heavy atom. The summed E-state index contributed by atoms with van der Waals surface area (Å²) in [5, 5.41) is 6.45. The molecule has 5 heteroatoms. The molecule has 124 valence electrons. The van der Waals surface area contributed by atoms with Gasteiger partial charge >= 0.3 is 0 Å². The smallest absolute Gasteiger partial charge is 0.191 e. The molecular weight excluding hydrogens is 278 g/mol. The highest BCUT2D eigenvalue weighted by Gasteiger charge is 1.98. The lowest BCUT2D eigenvalue weighted by atomic mass is 10.1. The monoisotopic (exact) mass is 307 g/mol. The molecule has 0 aromatic heterocycles. The Labute approximate surface area is 134 Å². The van der Waals surface area contributed by atoms with E-state index in [9.17, 15) is 0 Å². The predicted molar refractivity (Wildman–Crippen MR) is 91.1 cm³/mol. The molecule has 0 spiro atoms. The van der Waals surface area contributed by atoms with Crippen LogP contribution in [0.2, 0.25) is 0 Å². The number of aliphatic imine (C=N–C) groups is 1. The minimum Gasteiger partial charge on any atom is -0.379 e. The van der Waals surface area contributed by atoms with Crippen molar-refractivity contribution >= 4 is 5.96 Å². The van der Waals surface area contributed by atoms with Crippen molar-refractivity contribution in [3.8, 4) is 0 Å². The van der Waals surface area contributed by atoms with Crippen LogP contribution < -0.4 is 10.6 Å². The molecule has 0 amide bonds. The molecule has 0 unspecified atom stereocenters. The summed E-state index contributed by atoms with van der Waals surface area (Å²) in [5.41, 5.74) is 2.34. The Kier molecular flexibility index (Phi) is 10.1. The predicted octanol–water partition coefficient (Wildman–Crippen LogP) is 2.31. The summed E-state index contributed by atoms with van der Waals surface area (Å²) < 4.78 is 10.8. The molecule has 0 aliphatic carbocycles. The van der Waals surface area contributed by atoms with E-state index in [-0.39, 0.29) is 0 Å². The Morgan fingerprint density at radius 2 is 1.68 bits per heavy atom. The number of ether oxygens (including phenoxy) is 2. The lowest BCUT2D eigenvalue weighted by molar-refractivity contribution is 0.0453. The molecule has 0 fully saturated rings.